The Bertz CT molecular complexity index is 1020. The molecule has 1 fully saturated rings. The maximum absolute atomic E-state index is 12.7. The highest BCUT2D eigenvalue weighted by atomic mass is 16.6. The Hall–Kier alpha value is -3.22. The molecule has 2 aromatic carbocycles. The molecule has 2 aliphatic heterocycles. The van der Waals surface area contributed by atoms with E-state index in [1.807, 2.05) is 56.0 Å². The van der Waals surface area contributed by atoms with Crippen LogP contribution in [0.25, 0.3) is 0 Å². The van der Waals surface area contributed by atoms with Crippen LogP contribution in [0.5, 0.6) is 5.75 Å². The SMILES string of the molecule is COc1cc(CN2C(=O)CCc3ccccc32)cc(N2CCN(C(=O)OC(C)(C)C)CC2)c1. The molecular formula is C26H33N3O4. The summed E-state index contributed by atoms with van der Waals surface area (Å²) in [6.07, 6.45) is 1.05. The third-order valence-electron chi connectivity index (χ3n) is 6.02. The van der Waals surface area contributed by atoms with E-state index >= 15 is 0 Å². The molecule has 2 aliphatic rings. The highest BCUT2D eigenvalue weighted by Crippen LogP contribution is 2.31. The van der Waals surface area contributed by atoms with Crippen LogP contribution >= 0.6 is 0 Å². The zero-order valence-corrected chi connectivity index (χ0v) is 20.0. The van der Waals surface area contributed by atoms with Gasteiger partial charge in [-0.1, -0.05) is 18.2 Å². The zero-order valence-electron chi connectivity index (χ0n) is 20.0. The minimum atomic E-state index is -0.500. The van der Waals surface area contributed by atoms with Crippen LogP contribution in [0.1, 0.15) is 38.3 Å². The van der Waals surface area contributed by atoms with Crippen LogP contribution in [0.4, 0.5) is 16.2 Å². The molecule has 2 amide bonds. The van der Waals surface area contributed by atoms with E-state index in [0.29, 0.717) is 39.1 Å². The van der Waals surface area contributed by atoms with Crippen molar-refractivity contribution >= 4 is 23.4 Å². The largest absolute Gasteiger partial charge is 0.497 e. The summed E-state index contributed by atoms with van der Waals surface area (Å²) in [5.41, 5.74) is 3.75. The van der Waals surface area contributed by atoms with Gasteiger partial charge in [0.15, 0.2) is 0 Å². The predicted octanol–water partition coefficient (Wildman–Crippen LogP) is 4.23. The second-order valence-corrected chi connectivity index (χ2v) is 9.60. The summed E-state index contributed by atoms with van der Waals surface area (Å²) in [4.78, 5) is 31.0. The maximum Gasteiger partial charge on any atom is 0.410 e. The summed E-state index contributed by atoms with van der Waals surface area (Å²) in [7, 11) is 1.66. The summed E-state index contributed by atoms with van der Waals surface area (Å²) in [6.45, 7) is 8.74. The molecular weight excluding hydrogens is 418 g/mol. The van der Waals surface area contributed by atoms with Crippen molar-refractivity contribution in [1.29, 1.82) is 0 Å². The number of para-hydroxylation sites is 1. The van der Waals surface area contributed by atoms with Crippen molar-refractivity contribution in [3.05, 3.63) is 53.6 Å². The molecule has 7 heteroatoms. The predicted molar refractivity (Wildman–Crippen MR) is 129 cm³/mol. The quantitative estimate of drug-likeness (QED) is 0.696. The van der Waals surface area contributed by atoms with E-state index in [1.54, 1.807) is 12.0 Å². The van der Waals surface area contributed by atoms with Gasteiger partial charge in [-0.2, -0.15) is 0 Å². The van der Waals surface area contributed by atoms with E-state index in [4.69, 9.17) is 9.47 Å². The monoisotopic (exact) mass is 451 g/mol. The van der Waals surface area contributed by atoms with Crippen molar-refractivity contribution in [2.75, 3.05) is 43.1 Å². The first kappa shape index (κ1) is 23.0. The summed E-state index contributed by atoms with van der Waals surface area (Å²) >= 11 is 0. The number of aryl methyl sites for hydroxylation is 1. The van der Waals surface area contributed by atoms with Gasteiger partial charge in [-0.25, -0.2) is 4.79 Å². The summed E-state index contributed by atoms with van der Waals surface area (Å²) in [6, 6.07) is 14.2. The lowest BCUT2D eigenvalue weighted by Crippen LogP contribution is -2.50. The van der Waals surface area contributed by atoms with Crippen molar-refractivity contribution < 1.29 is 19.1 Å². The molecule has 0 unspecified atom stereocenters. The van der Waals surface area contributed by atoms with Crippen LogP contribution in [0.2, 0.25) is 0 Å². The number of hydrogen-bond acceptors (Lipinski definition) is 5. The van der Waals surface area contributed by atoms with E-state index in [0.717, 1.165) is 29.1 Å². The second kappa shape index (κ2) is 9.33. The van der Waals surface area contributed by atoms with Gasteiger partial charge in [0, 0.05) is 50.0 Å². The Morgan fingerprint density at radius 1 is 1.00 bits per heavy atom. The zero-order chi connectivity index (χ0) is 23.6. The number of ether oxygens (including phenoxy) is 2. The first-order chi connectivity index (χ1) is 15.7. The van der Waals surface area contributed by atoms with Gasteiger partial charge in [-0.05, 0) is 56.5 Å². The van der Waals surface area contributed by atoms with E-state index < -0.39 is 5.60 Å². The van der Waals surface area contributed by atoms with Crippen molar-refractivity contribution in [2.24, 2.45) is 0 Å². The number of methoxy groups -OCH3 is 1. The summed E-state index contributed by atoms with van der Waals surface area (Å²) < 4.78 is 11.1. The molecule has 0 aromatic heterocycles. The first-order valence-corrected chi connectivity index (χ1v) is 11.5. The first-order valence-electron chi connectivity index (χ1n) is 11.5. The van der Waals surface area contributed by atoms with Crippen molar-refractivity contribution in [3.63, 3.8) is 0 Å². The van der Waals surface area contributed by atoms with Crippen molar-refractivity contribution in [1.82, 2.24) is 4.90 Å². The molecule has 33 heavy (non-hydrogen) atoms. The number of piperazine rings is 1. The molecule has 0 saturated carbocycles. The highest BCUT2D eigenvalue weighted by molar-refractivity contribution is 5.96. The number of hydrogen-bond donors (Lipinski definition) is 0. The molecule has 7 nitrogen and oxygen atoms in total. The molecule has 0 spiro atoms. The lowest BCUT2D eigenvalue weighted by atomic mass is 10.0. The lowest BCUT2D eigenvalue weighted by molar-refractivity contribution is -0.119. The number of carbonyl (C=O) groups is 2. The number of fused-ring (bicyclic) bond motifs is 1. The summed E-state index contributed by atoms with van der Waals surface area (Å²) in [5, 5.41) is 0. The van der Waals surface area contributed by atoms with Crippen LogP contribution in [0.3, 0.4) is 0 Å². The van der Waals surface area contributed by atoms with Crippen LogP contribution < -0.4 is 14.5 Å². The number of amides is 2. The standard InChI is InChI=1S/C26H33N3O4/c1-26(2,3)33-25(31)28-13-11-27(12-14-28)21-15-19(16-22(17-21)32-4)18-29-23-8-6-5-7-20(23)9-10-24(29)30/h5-8,15-17H,9-14,18H2,1-4H3. The molecule has 0 atom stereocenters. The van der Waals surface area contributed by atoms with Crippen LogP contribution in [-0.4, -0.2) is 55.8 Å². The molecule has 0 N–H and O–H groups in total. The Labute approximate surface area is 195 Å². The molecule has 2 aromatic rings. The Balaban J connectivity index is 1.49. The topological polar surface area (TPSA) is 62.3 Å². The van der Waals surface area contributed by atoms with E-state index in [2.05, 4.69) is 17.0 Å². The van der Waals surface area contributed by atoms with Crippen LogP contribution in [-0.2, 0) is 22.5 Å². The van der Waals surface area contributed by atoms with Crippen molar-refractivity contribution in [3.8, 4) is 5.75 Å². The lowest BCUT2D eigenvalue weighted by Gasteiger charge is -2.37. The fourth-order valence-electron chi connectivity index (χ4n) is 4.36. The molecule has 0 aliphatic carbocycles. The van der Waals surface area contributed by atoms with Gasteiger partial charge in [0.2, 0.25) is 5.91 Å². The second-order valence-electron chi connectivity index (χ2n) is 9.60. The summed E-state index contributed by atoms with van der Waals surface area (Å²) in [5.74, 6) is 0.902. The number of rotatable bonds is 4. The third kappa shape index (κ3) is 5.41. The normalized spacial score (nSPS) is 16.5. The fourth-order valence-corrected chi connectivity index (χ4v) is 4.36. The molecule has 4 rings (SSSR count). The molecule has 1 saturated heterocycles. The molecule has 0 radical (unpaired) electrons. The van der Waals surface area contributed by atoms with E-state index in [9.17, 15) is 9.59 Å². The minimum absolute atomic E-state index is 0.143. The highest BCUT2D eigenvalue weighted by Gasteiger charge is 2.27. The van der Waals surface area contributed by atoms with Crippen LogP contribution in [0, 0.1) is 0 Å². The Morgan fingerprint density at radius 3 is 2.42 bits per heavy atom. The minimum Gasteiger partial charge on any atom is -0.497 e. The Kier molecular flexibility index (Phi) is 6.49. The average molecular weight is 452 g/mol. The van der Waals surface area contributed by atoms with Gasteiger partial charge < -0.3 is 24.2 Å². The molecule has 176 valence electrons. The third-order valence-corrected chi connectivity index (χ3v) is 6.02. The van der Waals surface area contributed by atoms with E-state index in [-0.39, 0.29) is 12.0 Å². The fraction of sp³-hybridized carbons (Fsp3) is 0.462. The van der Waals surface area contributed by atoms with Gasteiger partial charge >= 0.3 is 6.09 Å². The van der Waals surface area contributed by atoms with Crippen LogP contribution in [0.15, 0.2) is 42.5 Å². The van der Waals surface area contributed by atoms with Gasteiger partial charge in [0.1, 0.15) is 11.4 Å². The number of benzene rings is 2. The Morgan fingerprint density at radius 2 is 1.73 bits per heavy atom. The number of carbonyl (C=O) groups excluding carboxylic acids is 2. The number of anilines is 2. The number of nitrogens with zero attached hydrogens (tertiary/aromatic N) is 3. The van der Waals surface area contributed by atoms with Gasteiger partial charge in [-0.15, -0.1) is 0 Å². The van der Waals surface area contributed by atoms with Crippen molar-refractivity contribution in [2.45, 2.75) is 45.8 Å². The van der Waals surface area contributed by atoms with E-state index in [1.165, 1.54) is 5.56 Å². The molecule has 0 bridgehead atoms. The van der Waals surface area contributed by atoms with Gasteiger partial charge in [-0.3, -0.25) is 4.79 Å². The maximum atomic E-state index is 12.7. The molecule has 2 heterocycles. The average Bonchev–Trinajstić information content (AvgIpc) is 2.79. The smallest absolute Gasteiger partial charge is 0.410 e. The van der Waals surface area contributed by atoms with Gasteiger partial charge in [0.05, 0.1) is 13.7 Å². The van der Waals surface area contributed by atoms with Gasteiger partial charge in [0.25, 0.3) is 0 Å².